The van der Waals surface area contributed by atoms with Crippen LogP contribution in [0.15, 0.2) is 100 Å². The van der Waals surface area contributed by atoms with Gasteiger partial charge in [0, 0.05) is 21.4 Å². The van der Waals surface area contributed by atoms with Crippen molar-refractivity contribution in [3.8, 4) is 22.6 Å². The fraction of sp³-hybridized carbons (Fsp3) is 0. The lowest BCUT2D eigenvalue weighted by molar-refractivity contribution is 0.563. The molecule has 0 fully saturated rings. The third kappa shape index (κ3) is 3.04. The van der Waals surface area contributed by atoms with Gasteiger partial charge in [0.15, 0.2) is 5.82 Å². The van der Waals surface area contributed by atoms with Gasteiger partial charge in [0.1, 0.15) is 11.1 Å². The zero-order valence-corrected chi connectivity index (χ0v) is 17.5. The molecule has 2 heterocycles. The molecule has 2 aromatic heterocycles. The number of hydrogen-bond donors (Lipinski definition) is 0. The smallest absolute Gasteiger partial charge is 0.347 e. The molecule has 0 amide bonds. The number of rotatable bonds is 2. The second-order valence-corrected chi connectivity index (χ2v) is 8.01. The summed E-state index contributed by atoms with van der Waals surface area (Å²) in [5, 5.41) is 4.34. The van der Waals surface area contributed by atoms with Crippen molar-refractivity contribution in [3.63, 3.8) is 0 Å². The van der Waals surface area contributed by atoms with Gasteiger partial charge in [-0.25, -0.2) is 14.8 Å². The van der Waals surface area contributed by atoms with Gasteiger partial charge in [0.25, 0.3) is 0 Å². The predicted octanol–water partition coefficient (Wildman–Crippen LogP) is 6.88. The van der Waals surface area contributed by atoms with E-state index in [4.69, 9.17) is 26.0 Å². The van der Waals surface area contributed by atoms with Gasteiger partial charge in [0.05, 0.1) is 11.2 Å². The van der Waals surface area contributed by atoms with E-state index >= 15 is 0 Å². The van der Waals surface area contributed by atoms with E-state index in [1.165, 1.54) is 0 Å². The highest BCUT2D eigenvalue weighted by atomic mass is 35.5. The molecule has 0 N–H and O–H groups in total. The standard InChI is InChI=1S/C27H15ClN2O2/c28-18-11-12-23-21(14-18)25(17-7-2-1-3-8-17)30-26(29-23)22-15-20-19-9-5-4-6-16(19)10-13-24(20)32-27(22)31/h1-15H. The highest BCUT2D eigenvalue weighted by Gasteiger charge is 2.16. The average Bonchev–Trinajstić information content (AvgIpc) is 2.83. The third-order valence-corrected chi connectivity index (χ3v) is 5.82. The molecule has 0 saturated carbocycles. The fourth-order valence-electron chi connectivity index (χ4n) is 4.06. The minimum atomic E-state index is -0.472. The first-order chi connectivity index (χ1) is 15.7. The highest BCUT2D eigenvalue weighted by Crippen LogP contribution is 2.32. The van der Waals surface area contributed by atoms with Crippen LogP contribution in [-0.2, 0) is 0 Å². The van der Waals surface area contributed by atoms with Crippen LogP contribution in [0.4, 0.5) is 0 Å². The maximum Gasteiger partial charge on any atom is 0.347 e. The summed E-state index contributed by atoms with van der Waals surface area (Å²) in [6, 6.07) is 28.9. The van der Waals surface area contributed by atoms with Gasteiger partial charge in [-0.2, -0.15) is 0 Å². The Balaban J connectivity index is 1.68. The highest BCUT2D eigenvalue weighted by molar-refractivity contribution is 6.31. The minimum absolute atomic E-state index is 0.322. The number of benzene rings is 4. The third-order valence-electron chi connectivity index (χ3n) is 5.59. The molecule has 6 aromatic rings. The van der Waals surface area contributed by atoms with E-state index in [-0.39, 0.29) is 0 Å². The molecule has 0 aliphatic heterocycles. The molecule has 4 nitrogen and oxygen atoms in total. The van der Waals surface area contributed by atoms with Crippen LogP contribution in [0, 0.1) is 0 Å². The molecule has 0 atom stereocenters. The molecule has 0 aliphatic rings. The molecule has 0 unspecified atom stereocenters. The van der Waals surface area contributed by atoms with Crippen molar-refractivity contribution in [1.29, 1.82) is 0 Å². The number of nitrogens with zero attached hydrogens (tertiary/aromatic N) is 2. The molecule has 0 radical (unpaired) electrons. The molecule has 0 aliphatic carbocycles. The first-order valence-electron chi connectivity index (χ1n) is 10.2. The summed E-state index contributed by atoms with van der Waals surface area (Å²) in [6.07, 6.45) is 0. The molecule has 5 heteroatoms. The Morgan fingerprint density at radius 2 is 1.53 bits per heavy atom. The van der Waals surface area contributed by atoms with E-state index in [1.807, 2.05) is 84.9 Å². The Kier molecular flexibility index (Phi) is 4.27. The van der Waals surface area contributed by atoms with E-state index in [9.17, 15) is 4.79 Å². The number of halogens is 1. The summed E-state index contributed by atoms with van der Waals surface area (Å²) in [5.74, 6) is 0.322. The maximum absolute atomic E-state index is 12.9. The summed E-state index contributed by atoms with van der Waals surface area (Å²) in [4.78, 5) is 22.4. The first-order valence-corrected chi connectivity index (χ1v) is 10.5. The fourth-order valence-corrected chi connectivity index (χ4v) is 4.24. The Morgan fingerprint density at radius 3 is 2.41 bits per heavy atom. The van der Waals surface area contributed by atoms with Crippen LogP contribution in [0.5, 0.6) is 0 Å². The van der Waals surface area contributed by atoms with Gasteiger partial charge in [-0.05, 0) is 41.1 Å². The average molecular weight is 435 g/mol. The van der Waals surface area contributed by atoms with E-state index in [1.54, 1.807) is 6.07 Å². The summed E-state index contributed by atoms with van der Waals surface area (Å²) < 4.78 is 5.68. The normalized spacial score (nSPS) is 11.4. The zero-order valence-electron chi connectivity index (χ0n) is 16.7. The van der Waals surface area contributed by atoms with Crippen LogP contribution >= 0.6 is 11.6 Å². The molecular weight excluding hydrogens is 420 g/mol. The van der Waals surface area contributed by atoms with Crippen molar-refractivity contribution in [1.82, 2.24) is 9.97 Å². The second kappa shape index (κ2) is 7.29. The van der Waals surface area contributed by atoms with Crippen LogP contribution in [0.1, 0.15) is 0 Å². The quantitative estimate of drug-likeness (QED) is 0.220. The minimum Gasteiger partial charge on any atom is -0.422 e. The Morgan fingerprint density at radius 1 is 0.719 bits per heavy atom. The van der Waals surface area contributed by atoms with Crippen molar-refractivity contribution in [2.24, 2.45) is 0 Å². The number of aromatic nitrogens is 2. The molecule has 0 spiro atoms. The summed E-state index contributed by atoms with van der Waals surface area (Å²) in [5.41, 5.74) is 2.72. The van der Waals surface area contributed by atoms with Crippen LogP contribution in [-0.4, -0.2) is 9.97 Å². The Bertz CT molecular complexity index is 1710. The van der Waals surface area contributed by atoms with Crippen molar-refractivity contribution in [2.75, 3.05) is 0 Å². The van der Waals surface area contributed by atoms with E-state index < -0.39 is 5.63 Å². The Labute approximate surface area is 187 Å². The van der Waals surface area contributed by atoms with Crippen molar-refractivity contribution in [3.05, 3.63) is 106 Å². The van der Waals surface area contributed by atoms with Gasteiger partial charge in [0.2, 0.25) is 0 Å². The topological polar surface area (TPSA) is 56.0 Å². The van der Waals surface area contributed by atoms with Crippen LogP contribution < -0.4 is 5.63 Å². The second-order valence-electron chi connectivity index (χ2n) is 7.57. The zero-order chi connectivity index (χ0) is 21.7. The van der Waals surface area contributed by atoms with Crippen LogP contribution in [0.25, 0.3) is 55.3 Å². The van der Waals surface area contributed by atoms with E-state index in [0.717, 1.165) is 27.1 Å². The molecule has 32 heavy (non-hydrogen) atoms. The predicted molar refractivity (Wildman–Crippen MR) is 129 cm³/mol. The summed E-state index contributed by atoms with van der Waals surface area (Å²) in [6.45, 7) is 0. The molecule has 6 rings (SSSR count). The summed E-state index contributed by atoms with van der Waals surface area (Å²) >= 11 is 6.26. The first kappa shape index (κ1) is 18.7. The van der Waals surface area contributed by atoms with Crippen LogP contribution in [0.3, 0.4) is 0 Å². The van der Waals surface area contributed by atoms with Crippen molar-refractivity contribution >= 4 is 44.2 Å². The SMILES string of the molecule is O=c1oc2ccc3ccccc3c2cc1-c1nc(-c2ccccc2)c2cc(Cl)ccc2n1. The lowest BCUT2D eigenvalue weighted by atomic mass is 10.0. The van der Waals surface area contributed by atoms with Gasteiger partial charge >= 0.3 is 5.63 Å². The lowest BCUT2D eigenvalue weighted by Crippen LogP contribution is -2.06. The Hall–Kier alpha value is -4.02. The number of hydrogen-bond acceptors (Lipinski definition) is 4. The molecule has 0 saturated heterocycles. The van der Waals surface area contributed by atoms with Gasteiger partial charge in [-0.15, -0.1) is 0 Å². The maximum atomic E-state index is 12.9. The molecule has 0 bridgehead atoms. The molecule has 4 aromatic carbocycles. The number of fused-ring (bicyclic) bond motifs is 4. The largest absolute Gasteiger partial charge is 0.422 e. The lowest BCUT2D eigenvalue weighted by Gasteiger charge is -2.10. The van der Waals surface area contributed by atoms with E-state index in [2.05, 4.69) is 0 Å². The molecule has 152 valence electrons. The van der Waals surface area contributed by atoms with Crippen molar-refractivity contribution in [2.45, 2.75) is 0 Å². The van der Waals surface area contributed by atoms with Gasteiger partial charge < -0.3 is 4.42 Å². The monoisotopic (exact) mass is 434 g/mol. The van der Waals surface area contributed by atoms with Crippen LogP contribution in [0.2, 0.25) is 5.02 Å². The summed E-state index contributed by atoms with van der Waals surface area (Å²) in [7, 11) is 0. The molecular formula is C27H15ClN2O2. The van der Waals surface area contributed by atoms with Gasteiger partial charge in [-0.1, -0.05) is 72.3 Å². The van der Waals surface area contributed by atoms with Crippen molar-refractivity contribution < 1.29 is 4.42 Å². The van der Waals surface area contributed by atoms with Gasteiger partial charge in [-0.3, -0.25) is 0 Å². The van der Waals surface area contributed by atoms with E-state index in [0.29, 0.717) is 33.2 Å².